The van der Waals surface area contributed by atoms with Gasteiger partial charge in [0.1, 0.15) is 6.54 Å². The molecule has 0 unspecified atom stereocenters. The lowest BCUT2D eigenvalue weighted by Crippen LogP contribution is -2.35. The minimum Gasteiger partial charge on any atom is -0.462 e. The molecule has 1 aromatic carbocycles. The van der Waals surface area contributed by atoms with Crippen molar-refractivity contribution in [3.63, 3.8) is 0 Å². The number of imide groups is 1. The zero-order valence-electron chi connectivity index (χ0n) is 16.5. The lowest BCUT2D eigenvalue weighted by atomic mass is 10.2. The van der Waals surface area contributed by atoms with Crippen molar-refractivity contribution < 1.29 is 19.1 Å². The quantitative estimate of drug-likeness (QED) is 0.550. The van der Waals surface area contributed by atoms with Crippen LogP contribution in [-0.4, -0.2) is 44.0 Å². The number of hydrogen-bond donors (Lipinski definition) is 0. The van der Waals surface area contributed by atoms with E-state index in [2.05, 4.69) is 0 Å². The van der Waals surface area contributed by atoms with E-state index in [1.807, 2.05) is 18.2 Å². The Kier molecular flexibility index (Phi) is 5.78. The van der Waals surface area contributed by atoms with E-state index < -0.39 is 23.7 Å². The van der Waals surface area contributed by atoms with Crippen LogP contribution in [0.25, 0.3) is 11.8 Å². The van der Waals surface area contributed by atoms with Crippen LogP contribution in [0.5, 0.6) is 0 Å². The van der Waals surface area contributed by atoms with E-state index in [1.54, 1.807) is 44.6 Å². The number of benzene rings is 1. The largest absolute Gasteiger partial charge is 0.462 e. The van der Waals surface area contributed by atoms with Gasteiger partial charge in [-0.1, -0.05) is 18.2 Å². The number of aromatic nitrogens is 2. The third kappa shape index (κ3) is 4.04. The number of carbonyl (C=O) groups is 3. The van der Waals surface area contributed by atoms with Crippen LogP contribution in [-0.2, 0) is 21.4 Å². The first-order chi connectivity index (χ1) is 13.7. The second-order valence-electron chi connectivity index (χ2n) is 6.78. The highest BCUT2D eigenvalue weighted by atomic mass is 32.2. The fourth-order valence-electron chi connectivity index (χ4n) is 2.95. The fraction of sp³-hybridized carbons (Fsp3) is 0.300. The zero-order chi connectivity index (χ0) is 21.3. The monoisotopic (exact) mass is 415 g/mol. The van der Waals surface area contributed by atoms with Crippen molar-refractivity contribution in [2.75, 3.05) is 6.54 Å². The molecular formula is C20H21N3O5S. The smallest absolute Gasteiger partial charge is 0.326 e. The highest BCUT2D eigenvalue weighted by Gasteiger charge is 2.37. The average Bonchev–Trinajstić information content (AvgIpc) is 3.04. The Balaban J connectivity index is 1.93. The van der Waals surface area contributed by atoms with Crippen LogP contribution in [0.1, 0.15) is 25.1 Å². The highest BCUT2D eigenvalue weighted by Crippen LogP contribution is 2.32. The molecule has 2 amide bonds. The Morgan fingerprint density at radius 3 is 2.45 bits per heavy atom. The predicted molar refractivity (Wildman–Crippen MR) is 110 cm³/mol. The van der Waals surface area contributed by atoms with Gasteiger partial charge in [0.25, 0.3) is 16.7 Å². The third-order valence-electron chi connectivity index (χ3n) is 4.40. The Morgan fingerprint density at radius 1 is 1.17 bits per heavy atom. The maximum absolute atomic E-state index is 13.0. The molecule has 0 N–H and O–H groups in total. The molecule has 9 heteroatoms. The van der Waals surface area contributed by atoms with Crippen molar-refractivity contribution in [2.24, 2.45) is 7.05 Å². The molecule has 152 valence electrons. The van der Waals surface area contributed by atoms with Gasteiger partial charge in [-0.2, -0.15) is 0 Å². The van der Waals surface area contributed by atoms with Crippen molar-refractivity contribution >= 4 is 35.0 Å². The van der Waals surface area contributed by atoms with Crippen LogP contribution in [0.4, 0.5) is 4.79 Å². The summed E-state index contributed by atoms with van der Waals surface area (Å²) in [6, 6.07) is 9.11. The summed E-state index contributed by atoms with van der Waals surface area (Å²) in [7, 11) is 1.74. The van der Waals surface area contributed by atoms with E-state index in [1.165, 1.54) is 10.8 Å². The molecule has 0 spiro atoms. The molecule has 0 bridgehead atoms. The molecule has 29 heavy (non-hydrogen) atoms. The van der Waals surface area contributed by atoms with Crippen molar-refractivity contribution in [3.8, 4) is 5.69 Å². The molecular weight excluding hydrogens is 394 g/mol. The summed E-state index contributed by atoms with van der Waals surface area (Å²) in [6.07, 6.45) is 1.07. The van der Waals surface area contributed by atoms with E-state index >= 15 is 0 Å². The van der Waals surface area contributed by atoms with Crippen molar-refractivity contribution in [2.45, 2.75) is 26.9 Å². The Labute approximate surface area is 171 Å². The van der Waals surface area contributed by atoms with Gasteiger partial charge in [0, 0.05) is 12.7 Å². The second kappa shape index (κ2) is 8.12. The number of amides is 2. The molecule has 2 aromatic rings. The van der Waals surface area contributed by atoms with Gasteiger partial charge >= 0.3 is 5.97 Å². The van der Waals surface area contributed by atoms with Crippen LogP contribution in [0.15, 0.2) is 40.0 Å². The van der Waals surface area contributed by atoms with Gasteiger partial charge in [0.2, 0.25) is 0 Å². The van der Waals surface area contributed by atoms with Gasteiger partial charge in [0.05, 0.1) is 22.3 Å². The van der Waals surface area contributed by atoms with E-state index in [4.69, 9.17) is 4.74 Å². The van der Waals surface area contributed by atoms with Gasteiger partial charge in [-0.05, 0) is 50.7 Å². The van der Waals surface area contributed by atoms with E-state index in [-0.39, 0.29) is 16.6 Å². The maximum Gasteiger partial charge on any atom is 0.326 e. The van der Waals surface area contributed by atoms with Gasteiger partial charge in [-0.15, -0.1) is 0 Å². The Hall–Kier alpha value is -3.07. The normalized spacial score (nSPS) is 15.6. The van der Waals surface area contributed by atoms with Crippen molar-refractivity contribution in [1.29, 1.82) is 0 Å². The zero-order valence-corrected chi connectivity index (χ0v) is 17.4. The van der Waals surface area contributed by atoms with E-state index in [0.29, 0.717) is 28.7 Å². The molecule has 0 aliphatic carbocycles. The summed E-state index contributed by atoms with van der Waals surface area (Å²) in [5.41, 5.74) is 1.34. The SMILES string of the molecule is Cc1c(/C=C2\SC(=O)N(CC(=O)OC(C)C)C2=O)c(=O)n(-c2ccccc2)n1C. The van der Waals surface area contributed by atoms with Crippen molar-refractivity contribution in [3.05, 3.63) is 56.8 Å². The number of esters is 1. The molecule has 0 radical (unpaired) electrons. The van der Waals surface area contributed by atoms with Gasteiger partial charge in [-0.25, -0.2) is 4.68 Å². The van der Waals surface area contributed by atoms with Crippen LogP contribution in [0.2, 0.25) is 0 Å². The lowest BCUT2D eigenvalue weighted by Gasteiger charge is -2.13. The minimum absolute atomic E-state index is 0.0957. The average molecular weight is 415 g/mol. The standard InChI is InChI=1S/C20H21N3O5S/c1-12(2)28-17(24)11-22-19(26)16(29-20(22)27)10-15-13(3)21(4)23(18(15)25)14-8-6-5-7-9-14/h5-10,12H,11H2,1-4H3/b16-10-. The van der Waals surface area contributed by atoms with E-state index in [9.17, 15) is 19.2 Å². The van der Waals surface area contributed by atoms with Crippen LogP contribution >= 0.6 is 11.8 Å². The molecule has 1 saturated heterocycles. The number of nitrogens with zero attached hydrogens (tertiary/aromatic N) is 3. The second-order valence-corrected chi connectivity index (χ2v) is 7.77. The minimum atomic E-state index is -0.661. The van der Waals surface area contributed by atoms with Gasteiger partial charge < -0.3 is 4.74 Å². The number of rotatable bonds is 5. The summed E-state index contributed by atoms with van der Waals surface area (Å²) < 4.78 is 8.18. The third-order valence-corrected chi connectivity index (χ3v) is 5.31. The topological polar surface area (TPSA) is 90.6 Å². The molecule has 0 atom stereocenters. The number of ether oxygens (including phenoxy) is 1. The molecule has 1 fully saturated rings. The number of hydrogen-bond acceptors (Lipinski definition) is 6. The molecule has 0 saturated carbocycles. The molecule has 8 nitrogen and oxygen atoms in total. The Bertz CT molecular complexity index is 1070. The number of thioether (sulfide) groups is 1. The summed E-state index contributed by atoms with van der Waals surface area (Å²) in [5.74, 6) is -1.28. The number of para-hydroxylation sites is 1. The molecule has 1 aliphatic heterocycles. The first-order valence-corrected chi connectivity index (χ1v) is 9.81. The summed E-state index contributed by atoms with van der Waals surface area (Å²) in [4.78, 5) is 50.5. The van der Waals surface area contributed by atoms with Gasteiger partial charge in [-0.3, -0.25) is 28.8 Å². The van der Waals surface area contributed by atoms with E-state index in [0.717, 1.165) is 4.90 Å². The molecule has 1 aromatic heterocycles. The molecule has 3 rings (SSSR count). The van der Waals surface area contributed by atoms with Crippen LogP contribution < -0.4 is 5.56 Å². The summed E-state index contributed by atoms with van der Waals surface area (Å²) in [5, 5.41) is -0.570. The summed E-state index contributed by atoms with van der Waals surface area (Å²) in [6.45, 7) is 4.67. The van der Waals surface area contributed by atoms with Crippen LogP contribution in [0.3, 0.4) is 0 Å². The Morgan fingerprint density at radius 2 is 1.83 bits per heavy atom. The van der Waals surface area contributed by atoms with Crippen molar-refractivity contribution in [1.82, 2.24) is 14.3 Å². The van der Waals surface area contributed by atoms with Gasteiger partial charge in [0.15, 0.2) is 0 Å². The predicted octanol–water partition coefficient (Wildman–Crippen LogP) is 2.47. The highest BCUT2D eigenvalue weighted by molar-refractivity contribution is 8.18. The first-order valence-electron chi connectivity index (χ1n) is 8.99. The summed E-state index contributed by atoms with van der Waals surface area (Å²) >= 11 is 0.699. The molecule has 2 heterocycles. The van der Waals surface area contributed by atoms with Crippen LogP contribution in [0, 0.1) is 6.92 Å². The molecule has 1 aliphatic rings. The maximum atomic E-state index is 13.0. The lowest BCUT2D eigenvalue weighted by molar-refractivity contribution is -0.149. The first kappa shape index (κ1) is 20.7. The fourth-order valence-corrected chi connectivity index (χ4v) is 3.77. The number of carbonyl (C=O) groups excluding carboxylic acids is 3.